The van der Waals surface area contributed by atoms with Crippen molar-refractivity contribution in [1.82, 2.24) is 10.2 Å². The molecule has 0 bridgehead atoms. The first-order valence-corrected chi connectivity index (χ1v) is 7.80. The molecule has 0 saturated carbocycles. The van der Waals surface area contributed by atoms with Gasteiger partial charge in [0.05, 0.1) is 0 Å². The van der Waals surface area contributed by atoms with Crippen LogP contribution < -0.4 is 5.32 Å². The van der Waals surface area contributed by atoms with Gasteiger partial charge in [-0.1, -0.05) is 12.1 Å². The third-order valence-corrected chi connectivity index (χ3v) is 4.38. The van der Waals surface area contributed by atoms with Crippen molar-refractivity contribution in [3.05, 3.63) is 34.9 Å². The minimum Gasteiger partial charge on any atom is -0.322 e. The average Bonchev–Trinajstić information content (AvgIpc) is 2.84. The van der Waals surface area contributed by atoms with Gasteiger partial charge in [-0.05, 0) is 36.5 Å². The third kappa shape index (κ3) is 3.02. The lowest BCUT2D eigenvalue weighted by molar-refractivity contribution is -0.136. The quantitative estimate of drug-likeness (QED) is 0.499. The maximum atomic E-state index is 12.5. The van der Waals surface area contributed by atoms with Crippen LogP contribution in [0.25, 0.3) is 0 Å². The molecular weight excluding hydrogens is 296 g/mol. The molecule has 0 aliphatic carbocycles. The molecule has 0 radical (unpaired) electrons. The van der Waals surface area contributed by atoms with Crippen LogP contribution in [0, 0.1) is 0 Å². The predicted molar refractivity (Wildman–Crippen MR) is 81.5 cm³/mol. The Morgan fingerprint density at radius 3 is 2.83 bits per heavy atom. The largest absolute Gasteiger partial charge is 0.322 e. The van der Waals surface area contributed by atoms with Crippen molar-refractivity contribution in [3.63, 3.8) is 0 Å². The van der Waals surface area contributed by atoms with Crippen LogP contribution in [-0.4, -0.2) is 34.9 Å². The number of imide groups is 1. The fourth-order valence-electron chi connectivity index (χ4n) is 3.17. The van der Waals surface area contributed by atoms with Gasteiger partial charge in [-0.2, -0.15) is 0 Å². The molecule has 6 nitrogen and oxygen atoms in total. The first kappa shape index (κ1) is 15.4. The van der Waals surface area contributed by atoms with Gasteiger partial charge in [0, 0.05) is 24.9 Å². The van der Waals surface area contributed by atoms with Crippen LogP contribution in [0.1, 0.15) is 47.2 Å². The zero-order valence-electron chi connectivity index (χ0n) is 12.7. The summed E-state index contributed by atoms with van der Waals surface area (Å²) in [5.41, 5.74) is 2.61. The molecule has 6 heteroatoms. The van der Waals surface area contributed by atoms with Crippen molar-refractivity contribution >= 4 is 24.0 Å². The molecule has 2 aliphatic heterocycles. The van der Waals surface area contributed by atoms with Crippen LogP contribution in [0.3, 0.4) is 0 Å². The molecule has 1 fully saturated rings. The van der Waals surface area contributed by atoms with E-state index in [0.717, 1.165) is 30.3 Å². The number of carbonyl (C=O) groups is 4. The molecule has 1 saturated heterocycles. The van der Waals surface area contributed by atoms with Crippen molar-refractivity contribution in [2.24, 2.45) is 0 Å². The Labute approximate surface area is 133 Å². The van der Waals surface area contributed by atoms with Crippen molar-refractivity contribution < 1.29 is 19.2 Å². The first-order chi connectivity index (χ1) is 11.1. The fourth-order valence-corrected chi connectivity index (χ4v) is 3.17. The molecule has 3 rings (SSSR count). The second kappa shape index (κ2) is 6.32. The number of unbranched alkanes of at least 4 members (excludes halogenated alkanes) is 1. The Morgan fingerprint density at radius 1 is 1.26 bits per heavy atom. The van der Waals surface area contributed by atoms with Gasteiger partial charge in [0.25, 0.3) is 5.91 Å². The Balaban J connectivity index is 1.74. The van der Waals surface area contributed by atoms with E-state index in [2.05, 4.69) is 5.32 Å². The summed E-state index contributed by atoms with van der Waals surface area (Å²) in [6.07, 6.45) is 3.63. The standard InChI is InChI=1S/C17H18N2O4/c20-8-2-1-3-11-4-5-13-12(9-11)10-19(17(13)23)14-6-7-15(21)18-16(14)22/h4-5,8-9,14H,1-3,6-7,10H2,(H,18,21,22). The highest BCUT2D eigenvalue weighted by atomic mass is 16.2. The monoisotopic (exact) mass is 314 g/mol. The number of nitrogens with zero attached hydrogens (tertiary/aromatic N) is 1. The summed E-state index contributed by atoms with van der Waals surface area (Å²) in [6, 6.07) is 5.09. The van der Waals surface area contributed by atoms with E-state index in [-0.39, 0.29) is 18.2 Å². The minimum atomic E-state index is -0.578. The summed E-state index contributed by atoms with van der Waals surface area (Å²) in [7, 11) is 0. The van der Waals surface area contributed by atoms with Gasteiger partial charge in [-0.15, -0.1) is 0 Å². The Bertz CT molecular complexity index is 683. The SMILES string of the molecule is O=CCCCc1ccc2c(c1)CN(C1CCC(=O)NC1=O)C2=O. The van der Waals surface area contributed by atoms with Crippen LogP contribution >= 0.6 is 0 Å². The van der Waals surface area contributed by atoms with Gasteiger partial charge in [-0.25, -0.2) is 0 Å². The molecule has 1 aromatic rings. The molecule has 1 unspecified atom stereocenters. The number of piperidine rings is 1. The van der Waals surface area contributed by atoms with Gasteiger partial charge in [0.2, 0.25) is 11.8 Å². The van der Waals surface area contributed by atoms with Crippen LogP contribution in [0.4, 0.5) is 0 Å². The number of benzene rings is 1. The molecular formula is C17H18N2O4. The van der Waals surface area contributed by atoms with Crippen LogP contribution in [0.15, 0.2) is 18.2 Å². The molecule has 120 valence electrons. The summed E-state index contributed by atoms with van der Waals surface area (Å²) < 4.78 is 0. The number of nitrogens with one attached hydrogen (secondary N) is 1. The highest BCUT2D eigenvalue weighted by Gasteiger charge is 2.38. The smallest absolute Gasteiger partial charge is 0.255 e. The van der Waals surface area contributed by atoms with Crippen LogP contribution in [0.5, 0.6) is 0 Å². The molecule has 3 amide bonds. The second-order valence-electron chi connectivity index (χ2n) is 5.95. The summed E-state index contributed by atoms with van der Waals surface area (Å²) in [5.74, 6) is -0.838. The van der Waals surface area contributed by atoms with E-state index in [4.69, 9.17) is 0 Å². The van der Waals surface area contributed by atoms with Gasteiger partial charge in [-0.3, -0.25) is 19.7 Å². The second-order valence-corrected chi connectivity index (χ2v) is 5.95. The van der Waals surface area contributed by atoms with Crippen molar-refractivity contribution in [3.8, 4) is 0 Å². The number of fused-ring (bicyclic) bond motifs is 1. The van der Waals surface area contributed by atoms with E-state index in [1.165, 1.54) is 0 Å². The number of aryl methyl sites for hydroxylation is 1. The van der Waals surface area contributed by atoms with Crippen molar-refractivity contribution in [1.29, 1.82) is 0 Å². The topological polar surface area (TPSA) is 83.6 Å². The van der Waals surface area contributed by atoms with Crippen LogP contribution in [-0.2, 0) is 27.3 Å². The maximum Gasteiger partial charge on any atom is 0.255 e. The van der Waals surface area contributed by atoms with Gasteiger partial charge in [0.1, 0.15) is 12.3 Å². The highest BCUT2D eigenvalue weighted by molar-refractivity contribution is 6.05. The number of hydrogen-bond donors (Lipinski definition) is 1. The van der Waals surface area contributed by atoms with Gasteiger partial charge in [0.15, 0.2) is 0 Å². The zero-order valence-corrected chi connectivity index (χ0v) is 12.7. The van der Waals surface area contributed by atoms with Gasteiger partial charge >= 0.3 is 0 Å². The average molecular weight is 314 g/mol. The Hall–Kier alpha value is -2.50. The molecule has 2 heterocycles. The highest BCUT2D eigenvalue weighted by Crippen LogP contribution is 2.28. The van der Waals surface area contributed by atoms with E-state index in [1.54, 1.807) is 11.0 Å². The van der Waals surface area contributed by atoms with Crippen molar-refractivity contribution in [2.75, 3.05) is 0 Å². The summed E-state index contributed by atoms with van der Waals surface area (Å²) in [6.45, 7) is 0.391. The number of amides is 3. The summed E-state index contributed by atoms with van der Waals surface area (Å²) in [4.78, 5) is 47.7. The lowest BCUT2D eigenvalue weighted by Crippen LogP contribution is -2.52. The minimum absolute atomic E-state index is 0.158. The molecule has 0 spiro atoms. The lowest BCUT2D eigenvalue weighted by atomic mass is 10.0. The number of carbonyl (C=O) groups excluding carboxylic acids is 4. The molecule has 1 N–H and O–H groups in total. The van der Waals surface area contributed by atoms with Crippen LogP contribution in [0.2, 0.25) is 0 Å². The van der Waals surface area contributed by atoms with E-state index in [1.807, 2.05) is 12.1 Å². The lowest BCUT2D eigenvalue weighted by Gasteiger charge is -2.29. The number of aldehydes is 1. The van der Waals surface area contributed by atoms with E-state index in [9.17, 15) is 19.2 Å². The van der Waals surface area contributed by atoms with E-state index in [0.29, 0.717) is 24.9 Å². The normalized spacial score (nSPS) is 20.4. The van der Waals surface area contributed by atoms with Crippen molar-refractivity contribution in [2.45, 2.75) is 44.7 Å². The predicted octanol–water partition coefficient (Wildman–Crippen LogP) is 0.969. The number of hydrogen-bond acceptors (Lipinski definition) is 4. The fraction of sp³-hybridized carbons (Fsp3) is 0.412. The molecule has 2 aliphatic rings. The Morgan fingerprint density at radius 2 is 2.09 bits per heavy atom. The first-order valence-electron chi connectivity index (χ1n) is 7.80. The molecule has 0 aromatic heterocycles. The molecule has 23 heavy (non-hydrogen) atoms. The zero-order chi connectivity index (χ0) is 16.4. The van der Waals surface area contributed by atoms with E-state index < -0.39 is 11.9 Å². The summed E-state index contributed by atoms with van der Waals surface area (Å²) >= 11 is 0. The summed E-state index contributed by atoms with van der Waals surface area (Å²) in [5, 5.41) is 2.29. The Kier molecular flexibility index (Phi) is 4.23. The van der Waals surface area contributed by atoms with E-state index >= 15 is 0 Å². The number of rotatable bonds is 5. The third-order valence-electron chi connectivity index (χ3n) is 4.38. The maximum absolute atomic E-state index is 12.5. The molecule has 1 aromatic carbocycles. The van der Waals surface area contributed by atoms with Gasteiger partial charge < -0.3 is 9.69 Å². The molecule has 1 atom stereocenters.